The molecule has 4 rings (SSSR count). The van der Waals surface area contributed by atoms with Crippen LogP contribution < -0.4 is 15.9 Å². The highest BCUT2D eigenvalue weighted by Crippen LogP contribution is 2.32. The largest absolute Gasteiger partial charge is 0.236 e. The summed E-state index contributed by atoms with van der Waals surface area (Å²) in [6, 6.07) is 41.1. The van der Waals surface area contributed by atoms with E-state index < -0.39 is 17.0 Å². The Balaban J connectivity index is 0.000000245. The average Bonchev–Trinajstić information content (AvgIpc) is 2.76. The topological polar surface area (TPSA) is 34.1 Å². The number of hydrogen-bond acceptors (Lipinski definition) is 2. The predicted molar refractivity (Wildman–Crippen MR) is 141 cm³/mol. The molecule has 1 atom stereocenters. The molecule has 0 amide bonds. The van der Waals surface area contributed by atoms with Crippen LogP contribution in [-0.4, -0.2) is 8.42 Å². The standard InChI is InChI=1S/C18H15P.C7H7ClO2S.H3P/c1-4-10-16(11-5-1)19(17-12-6-2-7-13-17)18-14-8-3-9-15-18;8-11(9,10)6-7-4-2-1-3-5-7;/h1-15H;1-5H,6H2;1H3. The van der Waals surface area contributed by atoms with E-state index in [-0.39, 0.29) is 15.7 Å². The Hall–Kier alpha value is -2.02. The summed E-state index contributed by atoms with van der Waals surface area (Å²) in [5.74, 6) is -0.102. The molecule has 0 aliphatic heterocycles. The Morgan fingerprint density at radius 3 is 1.13 bits per heavy atom. The SMILES string of the molecule is O=S(=O)(Cl)Cc1ccccc1.P.c1ccc(P(c2ccccc2)c2ccccc2)cc1. The molecule has 2 nitrogen and oxygen atoms in total. The van der Waals surface area contributed by atoms with Crippen molar-refractivity contribution in [3.05, 3.63) is 127 Å². The minimum Gasteiger partial charge on any atom is -0.212 e. The van der Waals surface area contributed by atoms with Crippen molar-refractivity contribution in [3.63, 3.8) is 0 Å². The lowest BCUT2D eigenvalue weighted by molar-refractivity contribution is 0.609. The summed E-state index contributed by atoms with van der Waals surface area (Å²) < 4.78 is 21.1. The molecule has 6 heteroatoms. The molecule has 0 saturated heterocycles. The first kappa shape index (κ1) is 25.2. The lowest BCUT2D eigenvalue weighted by Crippen LogP contribution is -2.20. The van der Waals surface area contributed by atoms with E-state index in [2.05, 4.69) is 91.0 Å². The molecule has 0 saturated carbocycles. The van der Waals surface area contributed by atoms with E-state index in [9.17, 15) is 8.42 Å². The minimum absolute atomic E-state index is 0. The molecule has 0 aliphatic carbocycles. The van der Waals surface area contributed by atoms with Gasteiger partial charge in [-0.25, -0.2) is 8.42 Å². The molecule has 0 aromatic heterocycles. The fraction of sp³-hybridized carbons (Fsp3) is 0.0400. The summed E-state index contributed by atoms with van der Waals surface area (Å²) in [6.45, 7) is 0. The highest BCUT2D eigenvalue weighted by molar-refractivity contribution is 8.13. The number of rotatable bonds is 5. The number of halogens is 1. The second kappa shape index (κ2) is 12.7. The quantitative estimate of drug-likeness (QED) is 0.285. The van der Waals surface area contributed by atoms with Gasteiger partial charge in [0.15, 0.2) is 0 Å². The fourth-order valence-electron chi connectivity index (χ4n) is 2.95. The van der Waals surface area contributed by atoms with Crippen molar-refractivity contribution in [2.24, 2.45) is 0 Å². The van der Waals surface area contributed by atoms with Crippen molar-refractivity contribution in [2.45, 2.75) is 5.75 Å². The monoisotopic (exact) mass is 486 g/mol. The first-order valence-corrected chi connectivity index (χ1v) is 13.3. The van der Waals surface area contributed by atoms with Crippen molar-refractivity contribution in [1.29, 1.82) is 0 Å². The first-order valence-electron chi connectivity index (χ1n) is 9.44. The third kappa shape index (κ3) is 8.56. The van der Waals surface area contributed by atoms with Crippen LogP contribution >= 0.6 is 28.5 Å². The second-order valence-corrected chi connectivity index (χ2v) is 11.5. The van der Waals surface area contributed by atoms with E-state index >= 15 is 0 Å². The smallest absolute Gasteiger partial charge is 0.212 e. The van der Waals surface area contributed by atoms with Gasteiger partial charge in [0.25, 0.3) is 0 Å². The van der Waals surface area contributed by atoms with Crippen LogP contribution in [-0.2, 0) is 14.8 Å². The molecule has 0 N–H and O–H groups in total. The second-order valence-electron chi connectivity index (χ2n) is 6.51. The summed E-state index contributed by atoms with van der Waals surface area (Å²) in [7, 11) is 1.19. The van der Waals surface area contributed by atoms with Gasteiger partial charge < -0.3 is 0 Å². The van der Waals surface area contributed by atoms with E-state index in [1.807, 2.05) is 6.07 Å². The van der Waals surface area contributed by atoms with Crippen LogP contribution in [0.4, 0.5) is 0 Å². The van der Waals surface area contributed by atoms with E-state index in [1.165, 1.54) is 15.9 Å². The van der Waals surface area contributed by atoms with Crippen molar-refractivity contribution in [3.8, 4) is 0 Å². The van der Waals surface area contributed by atoms with Crippen molar-refractivity contribution in [1.82, 2.24) is 0 Å². The zero-order valence-corrected chi connectivity index (χ0v) is 20.9. The van der Waals surface area contributed by atoms with Gasteiger partial charge in [-0.2, -0.15) is 9.90 Å². The average molecular weight is 487 g/mol. The van der Waals surface area contributed by atoms with Gasteiger partial charge in [-0.05, 0) is 29.4 Å². The van der Waals surface area contributed by atoms with E-state index in [0.29, 0.717) is 5.56 Å². The van der Waals surface area contributed by atoms with Gasteiger partial charge in [0.05, 0.1) is 5.75 Å². The molecule has 4 aromatic rings. The van der Waals surface area contributed by atoms with Crippen molar-refractivity contribution in [2.75, 3.05) is 0 Å². The molecule has 0 bridgehead atoms. The number of hydrogen-bond donors (Lipinski definition) is 0. The molecule has 160 valence electrons. The Morgan fingerprint density at radius 2 is 0.839 bits per heavy atom. The molecule has 0 aliphatic rings. The Kier molecular flexibility index (Phi) is 10.4. The van der Waals surface area contributed by atoms with Gasteiger partial charge in [0, 0.05) is 10.7 Å². The van der Waals surface area contributed by atoms with E-state index in [4.69, 9.17) is 10.7 Å². The van der Waals surface area contributed by atoms with Crippen LogP contribution in [0.2, 0.25) is 0 Å². The van der Waals surface area contributed by atoms with Crippen molar-refractivity contribution >= 4 is 53.5 Å². The fourth-order valence-corrected chi connectivity index (χ4v) is 6.23. The van der Waals surface area contributed by atoms with E-state index in [0.717, 1.165) is 0 Å². The van der Waals surface area contributed by atoms with Gasteiger partial charge >= 0.3 is 0 Å². The lowest BCUT2D eigenvalue weighted by Gasteiger charge is -2.18. The Bertz CT molecular complexity index is 1030. The normalized spacial score (nSPS) is 10.5. The highest BCUT2D eigenvalue weighted by atomic mass is 35.7. The van der Waals surface area contributed by atoms with E-state index in [1.54, 1.807) is 24.3 Å². The first-order chi connectivity index (χ1) is 14.5. The molecule has 31 heavy (non-hydrogen) atoms. The molecule has 0 spiro atoms. The number of benzene rings is 4. The third-order valence-corrected chi connectivity index (χ3v) is 7.67. The molecule has 0 heterocycles. The zero-order valence-electron chi connectivity index (χ0n) is 17.0. The molecule has 1 unspecified atom stereocenters. The summed E-state index contributed by atoms with van der Waals surface area (Å²) in [6.07, 6.45) is 0. The van der Waals surface area contributed by atoms with Crippen LogP contribution in [0.1, 0.15) is 5.56 Å². The van der Waals surface area contributed by atoms with Gasteiger partial charge in [-0.1, -0.05) is 121 Å². The third-order valence-electron chi connectivity index (χ3n) is 4.23. The van der Waals surface area contributed by atoms with Crippen LogP contribution in [0.5, 0.6) is 0 Å². The van der Waals surface area contributed by atoms with Gasteiger partial charge in [-0.15, -0.1) is 0 Å². The summed E-state index contributed by atoms with van der Waals surface area (Å²) >= 11 is 0. The van der Waals surface area contributed by atoms with Crippen LogP contribution in [0.25, 0.3) is 0 Å². The lowest BCUT2D eigenvalue weighted by atomic mass is 10.2. The zero-order chi connectivity index (χ0) is 21.2. The Labute approximate surface area is 194 Å². The molecular weight excluding hydrogens is 462 g/mol. The minimum atomic E-state index is -3.40. The Morgan fingerprint density at radius 1 is 0.548 bits per heavy atom. The summed E-state index contributed by atoms with van der Waals surface area (Å²) in [5.41, 5.74) is 0.711. The van der Waals surface area contributed by atoms with Crippen molar-refractivity contribution < 1.29 is 8.42 Å². The molecule has 4 aromatic carbocycles. The molecular formula is C25H25ClO2P2S. The maximum absolute atomic E-state index is 10.6. The highest BCUT2D eigenvalue weighted by Gasteiger charge is 2.15. The predicted octanol–water partition coefficient (Wildman–Crippen LogP) is 5.26. The summed E-state index contributed by atoms with van der Waals surface area (Å²) in [5, 5.41) is 4.19. The van der Waals surface area contributed by atoms with Gasteiger partial charge in [0.2, 0.25) is 9.05 Å². The van der Waals surface area contributed by atoms with Crippen LogP contribution in [0, 0.1) is 0 Å². The maximum Gasteiger partial charge on any atom is 0.236 e. The van der Waals surface area contributed by atoms with Gasteiger partial charge in [-0.3, -0.25) is 0 Å². The maximum atomic E-state index is 10.6. The summed E-state index contributed by atoms with van der Waals surface area (Å²) in [4.78, 5) is 0. The van der Waals surface area contributed by atoms with Gasteiger partial charge in [0.1, 0.15) is 0 Å². The van der Waals surface area contributed by atoms with Crippen LogP contribution in [0.3, 0.4) is 0 Å². The van der Waals surface area contributed by atoms with Crippen LogP contribution in [0.15, 0.2) is 121 Å². The molecule has 0 fully saturated rings. The molecule has 0 radical (unpaired) electrons.